The molecular weight excluding hydrogens is 272 g/mol. The molecule has 2 atom stereocenters. The molecule has 3 nitrogen and oxygen atoms in total. The highest BCUT2D eigenvalue weighted by atomic mass is 16.2. The summed E-state index contributed by atoms with van der Waals surface area (Å²) in [4.78, 5) is 12.1. The van der Waals surface area contributed by atoms with E-state index in [1.807, 2.05) is 25.1 Å². The monoisotopic (exact) mass is 294 g/mol. The van der Waals surface area contributed by atoms with E-state index in [0.29, 0.717) is 0 Å². The first kappa shape index (κ1) is 14.8. The smallest absolute Gasteiger partial charge is 0.237 e. The predicted molar refractivity (Wildman–Crippen MR) is 89.5 cm³/mol. The lowest BCUT2D eigenvalue weighted by molar-refractivity contribution is -0.123. The van der Waals surface area contributed by atoms with E-state index >= 15 is 0 Å². The normalized spacial score (nSPS) is 18.9. The Labute approximate surface area is 131 Å². The van der Waals surface area contributed by atoms with Gasteiger partial charge in [-0.1, -0.05) is 54.6 Å². The molecule has 0 saturated carbocycles. The van der Waals surface area contributed by atoms with Crippen molar-refractivity contribution in [1.29, 1.82) is 0 Å². The highest BCUT2D eigenvalue weighted by Crippen LogP contribution is 2.22. The van der Waals surface area contributed by atoms with Crippen molar-refractivity contribution in [2.24, 2.45) is 0 Å². The lowest BCUT2D eigenvalue weighted by Gasteiger charge is -2.18. The molecule has 1 aliphatic heterocycles. The van der Waals surface area contributed by atoms with Gasteiger partial charge in [0.25, 0.3) is 0 Å². The summed E-state index contributed by atoms with van der Waals surface area (Å²) in [5.74, 6) is 0.108. The van der Waals surface area contributed by atoms with Crippen LogP contribution in [-0.4, -0.2) is 18.5 Å². The van der Waals surface area contributed by atoms with Crippen LogP contribution in [0.25, 0.3) is 11.1 Å². The number of benzene rings is 2. The molecule has 1 fully saturated rings. The van der Waals surface area contributed by atoms with Crippen molar-refractivity contribution in [3.63, 3.8) is 0 Å². The summed E-state index contributed by atoms with van der Waals surface area (Å²) in [6, 6.07) is 18.7. The second kappa shape index (κ2) is 6.75. The largest absolute Gasteiger partial charge is 0.348 e. The van der Waals surface area contributed by atoms with Gasteiger partial charge in [0.2, 0.25) is 5.91 Å². The summed E-state index contributed by atoms with van der Waals surface area (Å²) < 4.78 is 0. The van der Waals surface area contributed by atoms with E-state index in [0.717, 1.165) is 24.9 Å². The van der Waals surface area contributed by atoms with Crippen molar-refractivity contribution < 1.29 is 4.79 Å². The molecule has 114 valence electrons. The van der Waals surface area contributed by atoms with Crippen molar-refractivity contribution in [3.8, 4) is 11.1 Å². The lowest BCUT2D eigenvalue weighted by Crippen LogP contribution is -2.41. The first-order valence-electron chi connectivity index (χ1n) is 7.93. The molecular formula is C19H22N2O. The first-order chi connectivity index (χ1) is 10.7. The number of carbonyl (C=O) groups is 1. The van der Waals surface area contributed by atoms with Crippen LogP contribution >= 0.6 is 0 Å². The number of rotatable bonds is 4. The summed E-state index contributed by atoms with van der Waals surface area (Å²) >= 11 is 0. The maximum atomic E-state index is 12.1. The summed E-state index contributed by atoms with van der Waals surface area (Å²) in [7, 11) is 0. The first-order valence-corrected chi connectivity index (χ1v) is 7.93. The van der Waals surface area contributed by atoms with Gasteiger partial charge in [-0.15, -0.1) is 0 Å². The standard InChI is InChI=1S/C19H22N2O/c1-14(21-19(22)18-8-5-13-20-18)15-9-11-17(12-10-15)16-6-3-2-4-7-16/h2-4,6-7,9-12,14,18,20H,5,8,13H2,1H3,(H,21,22). The van der Waals surface area contributed by atoms with Crippen molar-refractivity contribution in [1.82, 2.24) is 10.6 Å². The van der Waals surface area contributed by atoms with Crippen LogP contribution in [-0.2, 0) is 4.79 Å². The molecule has 1 aliphatic rings. The molecule has 3 rings (SSSR count). The van der Waals surface area contributed by atoms with E-state index in [9.17, 15) is 4.79 Å². The third-order valence-corrected chi connectivity index (χ3v) is 4.25. The van der Waals surface area contributed by atoms with Crippen molar-refractivity contribution in [3.05, 3.63) is 60.2 Å². The molecule has 1 amide bonds. The molecule has 0 bridgehead atoms. The highest BCUT2D eigenvalue weighted by Gasteiger charge is 2.23. The fourth-order valence-corrected chi connectivity index (χ4v) is 2.90. The molecule has 0 aromatic heterocycles. The molecule has 0 spiro atoms. The molecule has 2 N–H and O–H groups in total. The zero-order valence-electron chi connectivity index (χ0n) is 12.9. The number of carbonyl (C=O) groups excluding carboxylic acids is 1. The Kier molecular flexibility index (Phi) is 4.54. The molecule has 0 aliphatic carbocycles. The minimum atomic E-state index is -0.0222. The number of hydrogen-bond donors (Lipinski definition) is 2. The van der Waals surface area contributed by atoms with Crippen LogP contribution < -0.4 is 10.6 Å². The van der Waals surface area contributed by atoms with Gasteiger partial charge < -0.3 is 10.6 Å². The Bertz CT molecular complexity index is 616. The highest BCUT2D eigenvalue weighted by molar-refractivity contribution is 5.82. The summed E-state index contributed by atoms with van der Waals surface area (Å²) in [6.45, 7) is 2.97. The van der Waals surface area contributed by atoms with Gasteiger partial charge in [-0.3, -0.25) is 4.79 Å². The quantitative estimate of drug-likeness (QED) is 0.908. The summed E-state index contributed by atoms with van der Waals surface area (Å²) in [5.41, 5.74) is 3.53. The van der Waals surface area contributed by atoms with Crippen molar-refractivity contribution in [2.45, 2.75) is 31.8 Å². The lowest BCUT2D eigenvalue weighted by atomic mass is 10.0. The van der Waals surface area contributed by atoms with Gasteiger partial charge in [0.15, 0.2) is 0 Å². The summed E-state index contributed by atoms with van der Waals surface area (Å²) in [5, 5.41) is 6.33. The van der Waals surface area contributed by atoms with Gasteiger partial charge in [-0.2, -0.15) is 0 Å². The van der Waals surface area contributed by atoms with E-state index in [4.69, 9.17) is 0 Å². The topological polar surface area (TPSA) is 41.1 Å². The zero-order valence-corrected chi connectivity index (χ0v) is 12.9. The molecule has 0 radical (unpaired) electrons. The van der Waals surface area contributed by atoms with Crippen LogP contribution in [0, 0.1) is 0 Å². The third kappa shape index (κ3) is 3.37. The second-order valence-electron chi connectivity index (χ2n) is 5.87. The molecule has 2 unspecified atom stereocenters. The molecule has 1 saturated heterocycles. The summed E-state index contributed by atoms with van der Waals surface area (Å²) in [6.07, 6.45) is 2.02. The Morgan fingerprint density at radius 1 is 1.09 bits per heavy atom. The SMILES string of the molecule is CC(NC(=O)C1CCCN1)c1ccc(-c2ccccc2)cc1. The van der Waals surface area contributed by atoms with Gasteiger partial charge in [-0.05, 0) is 43.0 Å². The fourth-order valence-electron chi connectivity index (χ4n) is 2.90. The Morgan fingerprint density at radius 3 is 2.41 bits per heavy atom. The van der Waals surface area contributed by atoms with Gasteiger partial charge in [0.05, 0.1) is 12.1 Å². The maximum Gasteiger partial charge on any atom is 0.237 e. The average molecular weight is 294 g/mol. The van der Waals surface area contributed by atoms with E-state index in [1.165, 1.54) is 11.1 Å². The van der Waals surface area contributed by atoms with Crippen molar-refractivity contribution in [2.75, 3.05) is 6.54 Å². The minimum absolute atomic E-state index is 0.0222. The van der Waals surface area contributed by atoms with Gasteiger partial charge in [0.1, 0.15) is 0 Å². The molecule has 2 aromatic rings. The molecule has 22 heavy (non-hydrogen) atoms. The maximum absolute atomic E-state index is 12.1. The van der Waals surface area contributed by atoms with Crippen LogP contribution in [0.5, 0.6) is 0 Å². The predicted octanol–water partition coefficient (Wildman–Crippen LogP) is 3.28. The Balaban J connectivity index is 1.66. The van der Waals surface area contributed by atoms with E-state index in [2.05, 4.69) is 47.0 Å². The second-order valence-corrected chi connectivity index (χ2v) is 5.87. The zero-order chi connectivity index (χ0) is 15.4. The van der Waals surface area contributed by atoms with Crippen LogP contribution in [0.4, 0.5) is 0 Å². The van der Waals surface area contributed by atoms with Crippen LogP contribution in [0.2, 0.25) is 0 Å². The molecule has 3 heteroatoms. The van der Waals surface area contributed by atoms with E-state index < -0.39 is 0 Å². The van der Waals surface area contributed by atoms with Crippen molar-refractivity contribution >= 4 is 5.91 Å². The van der Waals surface area contributed by atoms with Gasteiger partial charge >= 0.3 is 0 Å². The van der Waals surface area contributed by atoms with Gasteiger partial charge in [0, 0.05) is 0 Å². The number of amides is 1. The minimum Gasteiger partial charge on any atom is -0.348 e. The Hall–Kier alpha value is -2.13. The van der Waals surface area contributed by atoms with E-state index in [1.54, 1.807) is 0 Å². The third-order valence-electron chi connectivity index (χ3n) is 4.25. The molecule has 1 heterocycles. The number of hydrogen-bond acceptors (Lipinski definition) is 2. The van der Waals surface area contributed by atoms with Crippen LogP contribution in [0.3, 0.4) is 0 Å². The average Bonchev–Trinajstić information content (AvgIpc) is 3.10. The Morgan fingerprint density at radius 2 is 1.77 bits per heavy atom. The fraction of sp³-hybridized carbons (Fsp3) is 0.316. The number of nitrogens with one attached hydrogen (secondary N) is 2. The van der Waals surface area contributed by atoms with Gasteiger partial charge in [-0.25, -0.2) is 0 Å². The van der Waals surface area contributed by atoms with E-state index in [-0.39, 0.29) is 18.0 Å². The molecule has 2 aromatic carbocycles. The van der Waals surface area contributed by atoms with Crippen LogP contribution in [0.15, 0.2) is 54.6 Å². The van der Waals surface area contributed by atoms with Crippen LogP contribution in [0.1, 0.15) is 31.4 Å².